The molecular weight excluding hydrogens is 1300 g/mol. The van der Waals surface area contributed by atoms with E-state index in [1.54, 1.807) is 0 Å². The van der Waals surface area contributed by atoms with Crippen LogP contribution in [0.5, 0.6) is 0 Å². The van der Waals surface area contributed by atoms with E-state index in [0.717, 1.165) is 44.9 Å². The highest BCUT2D eigenvalue weighted by Gasteiger charge is 2.76. The van der Waals surface area contributed by atoms with Crippen molar-refractivity contribution in [3.8, 4) is 0 Å². The number of carbonyl (C=O) groups excluding carboxylic acids is 1. The lowest BCUT2D eigenvalue weighted by molar-refractivity contribution is -0.397. The first-order valence-corrected chi connectivity index (χ1v) is 35.1. The van der Waals surface area contributed by atoms with Gasteiger partial charge in [0.2, 0.25) is 0 Å². The maximum atomic E-state index is 14.6. The summed E-state index contributed by atoms with van der Waals surface area (Å²) in [6.45, 7) is 13.2. The molecule has 0 radical (unpaired) electrons. The number of hydrogen-bond acceptors (Lipinski definition) is 31. The van der Waals surface area contributed by atoms with Crippen molar-refractivity contribution < 1.29 is 152 Å². The molecule has 7 heterocycles. The molecule has 3 saturated carbocycles. The molecule has 0 bridgehead atoms. The Hall–Kier alpha value is -1.95. The lowest BCUT2D eigenvalue weighted by Crippen LogP contribution is -2.67. The van der Waals surface area contributed by atoms with Crippen molar-refractivity contribution in [2.24, 2.45) is 45.3 Å². The maximum absolute atomic E-state index is 14.6. The predicted molar refractivity (Wildman–Crippen MR) is 330 cm³/mol. The fourth-order valence-electron chi connectivity index (χ4n) is 19.4. The van der Waals surface area contributed by atoms with Crippen LogP contribution in [-0.4, -0.2) is 320 Å². The van der Waals surface area contributed by atoms with Crippen LogP contribution in [0.2, 0.25) is 0 Å². The van der Waals surface area contributed by atoms with Gasteiger partial charge in [-0.25, -0.2) is 0 Å². The average Bonchev–Trinajstić information content (AvgIpc) is 1.49. The van der Waals surface area contributed by atoms with Crippen LogP contribution < -0.4 is 0 Å². The molecule has 37 atom stereocenters. The molecular formula is C67H110O31. The SMILES string of the molecule is COC1C(O)[C@H](OC2C(O)[C@H](O[C@@H]3C(C)O[C@@H](OC4C(O)[C@H](O[C@@H]5OC(CO)[C@@H](O)C(O[C@@H]6OC(CO)[C@@H](O)C(OC)C6O)C5O)CO[C@H]4O[C@H]4CC[C@]5(C)C6=CCC78C(=O)O[C@@](C)(CCCC(C)C)[C@H]7CC[C@@]8(C)[C@@H]6CCC5C4(C)C)C(O)C3O)OC(CO)[C@H]2O)OC(CO)[C@H]1O. The molecule has 11 rings (SSSR count). The van der Waals surface area contributed by atoms with E-state index in [1.165, 1.54) is 26.7 Å². The number of esters is 1. The van der Waals surface area contributed by atoms with Crippen LogP contribution in [-0.2, 0) is 75.8 Å². The minimum absolute atomic E-state index is 0.0330. The summed E-state index contributed by atoms with van der Waals surface area (Å²) in [6, 6.07) is 0. The van der Waals surface area contributed by atoms with E-state index in [2.05, 4.69) is 54.5 Å². The quantitative estimate of drug-likeness (QED) is 0.0292. The highest BCUT2D eigenvalue weighted by atomic mass is 16.8. The van der Waals surface area contributed by atoms with Gasteiger partial charge in [0.15, 0.2) is 37.7 Å². The third-order valence-electron chi connectivity index (χ3n) is 24.9. The fourth-order valence-corrected chi connectivity index (χ4v) is 19.4. The maximum Gasteiger partial charge on any atom is 0.313 e. The van der Waals surface area contributed by atoms with Crippen LogP contribution in [0.3, 0.4) is 0 Å². The van der Waals surface area contributed by atoms with E-state index in [-0.39, 0.29) is 34.6 Å². The van der Waals surface area contributed by atoms with Crippen molar-refractivity contribution in [1.29, 1.82) is 0 Å². The van der Waals surface area contributed by atoms with E-state index in [1.807, 2.05) is 0 Å². The van der Waals surface area contributed by atoms with Gasteiger partial charge in [-0.05, 0) is 106 Å². The number of ether oxygens (including phenoxy) is 15. The van der Waals surface area contributed by atoms with Gasteiger partial charge in [-0.15, -0.1) is 0 Å². The zero-order valence-corrected chi connectivity index (χ0v) is 57.6. The van der Waals surface area contributed by atoms with Gasteiger partial charge in [-0.1, -0.05) is 59.6 Å². The third kappa shape index (κ3) is 13.3. The van der Waals surface area contributed by atoms with Gasteiger partial charge in [0.25, 0.3) is 0 Å². The molecule has 1 spiro atoms. The second-order valence-corrected chi connectivity index (χ2v) is 31.1. The third-order valence-corrected chi connectivity index (χ3v) is 24.9. The Morgan fingerprint density at radius 3 is 1.50 bits per heavy atom. The van der Waals surface area contributed by atoms with Crippen molar-refractivity contribution in [1.82, 2.24) is 0 Å². The number of aliphatic hydroxyl groups excluding tert-OH is 15. The lowest BCUT2D eigenvalue weighted by atomic mass is 9.41. The summed E-state index contributed by atoms with van der Waals surface area (Å²) in [5.41, 5.74) is -1.05. The molecule has 31 heteroatoms. The minimum Gasteiger partial charge on any atom is -0.459 e. The Kier molecular flexibility index (Phi) is 23.7. The van der Waals surface area contributed by atoms with Gasteiger partial charge >= 0.3 is 5.97 Å². The molecule has 19 unspecified atom stereocenters. The van der Waals surface area contributed by atoms with Crippen LogP contribution in [0.15, 0.2) is 11.6 Å². The molecule has 31 nitrogen and oxygen atoms in total. The largest absolute Gasteiger partial charge is 0.459 e. The first-order chi connectivity index (χ1) is 46.3. The summed E-state index contributed by atoms with van der Waals surface area (Å²) < 4.78 is 90.5. The monoisotopic (exact) mass is 1410 g/mol. The molecule has 0 aromatic carbocycles. The molecule has 7 aliphatic heterocycles. The molecule has 11 aliphatic rings. The summed E-state index contributed by atoms with van der Waals surface area (Å²) in [5.74, 6) is 0.751. The second-order valence-electron chi connectivity index (χ2n) is 31.1. The summed E-state index contributed by atoms with van der Waals surface area (Å²) in [4.78, 5) is 14.6. The zero-order valence-electron chi connectivity index (χ0n) is 57.6. The highest BCUT2D eigenvalue weighted by Crippen LogP contribution is 2.76. The Balaban J connectivity index is 0.832. The average molecular weight is 1410 g/mol. The van der Waals surface area contributed by atoms with Gasteiger partial charge < -0.3 is 148 Å². The van der Waals surface area contributed by atoms with Crippen LogP contribution in [0.25, 0.3) is 0 Å². The molecule has 0 amide bonds. The Morgan fingerprint density at radius 2 is 0.990 bits per heavy atom. The van der Waals surface area contributed by atoms with Crippen molar-refractivity contribution in [2.75, 3.05) is 47.3 Å². The molecule has 7 saturated heterocycles. The Labute approximate surface area is 570 Å². The van der Waals surface area contributed by atoms with Crippen LogP contribution in [0.1, 0.15) is 120 Å². The van der Waals surface area contributed by atoms with E-state index in [4.69, 9.17) is 71.1 Å². The second kappa shape index (κ2) is 30.1. The predicted octanol–water partition coefficient (Wildman–Crippen LogP) is -3.01. The number of carbonyl (C=O) groups is 1. The number of methoxy groups -OCH3 is 2. The molecule has 98 heavy (non-hydrogen) atoms. The van der Waals surface area contributed by atoms with Crippen molar-refractivity contribution >= 4 is 5.97 Å². The highest BCUT2D eigenvalue weighted by molar-refractivity contribution is 5.83. The van der Waals surface area contributed by atoms with E-state index in [9.17, 15) is 81.4 Å². The van der Waals surface area contributed by atoms with Crippen molar-refractivity contribution in [3.63, 3.8) is 0 Å². The van der Waals surface area contributed by atoms with Crippen molar-refractivity contribution in [2.45, 2.75) is 309 Å². The number of rotatable bonds is 22. The van der Waals surface area contributed by atoms with Gasteiger partial charge in [0.1, 0.15) is 140 Å². The van der Waals surface area contributed by atoms with E-state index in [0.29, 0.717) is 25.2 Å². The van der Waals surface area contributed by atoms with E-state index < -0.39 is 234 Å². The van der Waals surface area contributed by atoms with E-state index >= 15 is 0 Å². The number of hydrogen-bond donors (Lipinski definition) is 15. The van der Waals surface area contributed by atoms with Gasteiger partial charge in [-0.3, -0.25) is 4.79 Å². The standard InChI is InChI=1S/C67H110O31/c1-27(2)12-11-18-66(8)37-16-20-65(7)30-13-14-36-63(4,5)38(17-19-64(36,6)29(30)15-21-67(37,65)62(83)98-66)93-61-55(43(76)35(26-86-61)92-57-48(81)53(41(74)33(24-70)88-57)95-58-46(79)51(84-9)39(72)31(22-68)89-58)97-56-45(78)44(77)50(28(3)87-56)94-60-49(82)54(42(75)34(25-71)91-60)96-59-47(80)52(85-10)40(73)32(23-69)90-59/h15,27-28,30-61,68-82H,11-14,16-26H2,1-10H3/t28?,30-,31?,32?,33?,34?,35-,36?,37-,38+,39-,40-,41-,42-,43?,44?,45?,46?,47?,48?,49?,50-,51?,52?,53?,54?,55?,56+,57+,58+,59+,60+,61+,64-,65+,66+,67?/m1/s1. The Morgan fingerprint density at radius 1 is 0.510 bits per heavy atom. The van der Waals surface area contributed by atoms with Gasteiger partial charge in [0, 0.05) is 20.1 Å². The fraction of sp³-hybridized carbons (Fsp3) is 0.955. The summed E-state index contributed by atoms with van der Waals surface area (Å²) in [7, 11) is 2.38. The minimum atomic E-state index is -2.06. The number of allylic oxidation sites excluding steroid dienone is 2. The molecule has 15 N–H and O–H groups in total. The first kappa shape index (κ1) is 77.2. The van der Waals surface area contributed by atoms with Crippen LogP contribution in [0, 0.1) is 45.3 Å². The first-order valence-electron chi connectivity index (χ1n) is 35.1. The topological polar surface area (TPSA) is 459 Å². The molecule has 10 fully saturated rings. The lowest BCUT2D eigenvalue weighted by Gasteiger charge is -2.63. The smallest absolute Gasteiger partial charge is 0.313 e. The molecule has 4 aliphatic carbocycles. The zero-order chi connectivity index (χ0) is 71.2. The summed E-state index contributed by atoms with van der Waals surface area (Å²) in [6.07, 6.45) is -38.8. The molecule has 0 aromatic rings. The number of fused-ring (bicyclic) bond motifs is 4. The Bertz CT molecular complexity index is 2700. The van der Waals surface area contributed by atoms with Crippen molar-refractivity contribution in [3.05, 3.63) is 11.6 Å². The van der Waals surface area contributed by atoms with Crippen LogP contribution >= 0.6 is 0 Å². The molecule has 0 aromatic heterocycles. The van der Waals surface area contributed by atoms with Gasteiger partial charge in [-0.2, -0.15) is 0 Å². The van der Waals surface area contributed by atoms with Gasteiger partial charge in [0.05, 0.1) is 50.7 Å². The normalized spacial score (nSPS) is 52.6. The number of cyclic esters (lactones) is 1. The summed E-state index contributed by atoms with van der Waals surface area (Å²) >= 11 is 0. The summed E-state index contributed by atoms with van der Waals surface area (Å²) in [5, 5.41) is 167. The number of aliphatic hydroxyl groups is 15. The van der Waals surface area contributed by atoms with Crippen LogP contribution in [0.4, 0.5) is 0 Å². The molecule has 564 valence electrons.